The molecule has 1 aliphatic heterocycles. The molecule has 0 radical (unpaired) electrons. The van der Waals surface area contributed by atoms with Crippen LogP contribution in [0.15, 0.2) is 60.7 Å². The Bertz CT molecular complexity index is 748. The third-order valence-electron chi connectivity index (χ3n) is 3.46. The molecule has 92 valence electrons. The van der Waals surface area contributed by atoms with Gasteiger partial charge in [-0.15, -0.1) is 0 Å². The summed E-state index contributed by atoms with van der Waals surface area (Å²) in [5.41, 5.74) is 2.43. The van der Waals surface area contributed by atoms with E-state index in [1.165, 1.54) is 21.9 Å². The minimum atomic E-state index is 0.312. The van der Waals surface area contributed by atoms with Gasteiger partial charge in [-0.3, -0.25) is 0 Å². The van der Waals surface area contributed by atoms with Gasteiger partial charge in [0.05, 0.1) is 0 Å². The van der Waals surface area contributed by atoms with Gasteiger partial charge in [0.2, 0.25) is 6.79 Å². The van der Waals surface area contributed by atoms with Crippen molar-refractivity contribution in [2.24, 2.45) is 0 Å². The molecule has 0 unspecified atom stereocenters. The van der Waals surface area contributed by atoms with Crippen LogP contribution in [0.3, 0.4) is 0 Å². The molecule has 2 nitrogen and oxygen atoms in total. The smallest absolute Gasteiger partial charge is 0.231 e. The molecule has 0 aliphatic carbocycles. The van der Waals surface area contributed by atoms with Gasteiger partial charge in [0.25, 0.3) is 0 Å². The average molecular weight is 248 g/mol. The van der Waals surface area contributed by atoms with Gasteiger partial charge >= 0.3 is 0 Å². The molecule has 1 heterocycles. The summed E-state index contributed by atoms with van der Waals surface area (Å²) in [5, 5.41) is 2.36. The summed E-state index contributed by atoms with van der Waals surface area (Å²) in [7, 11) is 0. The van der Waals surface area contributed by atoms with Crippen molar-refractivity contribution < 1.29 is 9.47 Å². The quantitative estimate of drug-likeness (QED) is 0.641. The summed E-state index contributed by atoms with van der Waals surface area (Å²) in [6.07, 6.45) is 0. The minimum absolute atomic E-state index is 0.312. The lowest BCUT2D eigenvalue weighted by atomic mass is 9.98. The first-order chi connectivity index (χ1) is 9.42. The van der Waals surface area contributed by atoms with E-state index in [9.17, 15) is 0 Å². The van der Waals surface area contributed by atoms with E-state index in [1.807, 2.05) is 12.1 Å². The van der Waals surface area contributed by atoms with Crippen LogP contribution in [0.25, 0.3) is 21.9 Å². The highest BCUT2D eigenvalue weighted by molar-refractivity contribution is 5.98. The lowest BCUT2D eigenvalue weighted by Crippen LogP contribution is -1.92. The fourth-order valence-corrected chi connectivity index (χ4v) is 2.54. The van der Waals surface area contributed by atoms with E-state index in [0.717, 1.165) is 11.5 Å². The maximum absolute atomic E-state index is 5.48. The lowest BCUT2D eigenvalue weighted by molar-refractivity contribution is 0.174. The molecule has 3 aromatic carbocycles. The van der Waals surface area contributed by atoms with Gasteiger partial charge in [-0.05, 0) is 34.0 Å². The first kappa shape index (κ1) is 10.4. The van der Waals surface area contributed by atoms with Crippen LogP contribution in [0, 0.1) is 0 Å². The van der Waals surface area contributed by atoms with Crippen LogP contribution in [0.5, 0.6) is 11.5 Å². The fourth-order valence-electron chi connectivity index (χ4n) is 2.54. The largest absolute Gasteiger partial charge is 0.454 e. The van der Waals surface area contributed by atoms with E-state index in [2.05, 4.69) is 48.5 Å². The molecular formula is C17H12O2. The molecule has 0 saturated heterocycles. The number of rotatable bonds is 1. The maximum Gasteiger partial charge on any atom is 0.231 e. The van der Waals surface area contributed by atoms with E-state index < -0.39 is 0 Å². The number of ether oxygens (including phenoxy) is 2. The molecule has 0 atom stereocenters. The molecule has 0 saturated carbocycles. The van der Waals surface area contributed by atoms with Crippen molar-refractivity contribution in [3.05, 3.63) is 60.7 Å². The third kappa shape index (κ3) is 1.65. The van der Waals surface area contributed by atoms with Crippen LogP contribution in [-0.2, 0) is 0 Å². The fraction of sp³-hybridized carbons (Fsp3) is 0.0588. The van der Waals surface area contributed by atoms with Crippen molar-refractivity contribution in [2.75, 3.05) is 6.79 Å². The molecule has 19 heavy (non-hydrogen) atoms. The molecule has 4 rings (SSSR count). The molecule has 0 amide bonds. The predicted octanol–water partition coefficient (Wildman–Crippen LogP) is 4.24. The third-order valence-corrected chi connectivity index (χ3v) is 3.46. The Labute approximate surface area is 111 Å². The maximum atomic E-state index is 5.48. The molecule has 0 N–H and O–H groups in total. The van der Waals surface area contributed by atoms with E-state index in [4.69, 9.17) is 9.47 Å². The topological polar surface area (TPSA) is 18.5 Å². The molecule has 3 aromatic rings. The monoisotopic (exact) mass is 248 g/mol. The highest BCUT2D eigenvalue weighted by atomic mass is 16.7. The van der Waals surface area contributed by atoms with Gasteiger partial charge in [-0.1, -0.05) is 48.5 Å². The Kier molecular flexibility index (Phi) is 2.21. The van der Waals surface area contributed by atoms with Gasteiger partial charge < -0.3 is 9.47 Å². The molecule has 0 aromatic heterocycles. The zero-order valence-corrected chi connectivity index (χ0v) is 10.3. The van der Waals surface area contributed by atoms with Crippen molar-refractivity contribution in [1.29, 1.82) is 0 Å². The number of hydrogen-bond acceptors (Lipinski definition) is 2. The molecular weight excluding hydrogens is 236 g/mol. The van der Waals surface area contributed by atoms with Crippen molar-refractivity contribution >= 4 is 10.8 Å². The standard InChI is InChI=1S/C17H12O2/c1-2-5-12(6-3-1)14-8-4-7-13-9-16-17(10-15(13)14)19-11-18-16/h1-10H,11H2. The van der Waals surface area contributed by atoms with Crippen LogP contribution < -0.4 is 9.47 Å². The zero-order valence-electron chi connectivity index (χ0n) is 10.3. The Balaban J connectivity index is 2.02. The van der Waals surface area contributed by atoms with Gasteiger partial charge in [0.15, 0.2) is 11.5 Å². The summed E-state index contributed by atoms with van der Waals surface area (Å²) in [5.74, 6) is 1.66. The average Bonchev–Trinajstić information content (AvgIpc) is 2.92. The Morgan fingerprint density at radius 2 is 1.53 bits per heavy atom. The summed E-state index contributed by atoms with van der Waals surface area (Å²) in [6, 6.07) is 20.8. The number of fused-ring (bicyclic) bond motifs is 2. The van der Waals surface area contributed by atoms with E-state index in [0.29, 0.717) is 6.79 Å². The SMILES string of the molecule is c1ccc(-c2cccc3cc4c(cc23)OCO4)cc1. The number of benzene rings is 3. The minimum Gasteiger partial charge on any atom is -0.454 e. The van der Waals surface area contributed by atoms with Gasteiger partial charge in [-0.2, -0.15) is 0 Å². The summed E-state index contributed by atoms with van der Waals surface area (Å²) < 4.78 is 10.9. The van der Waals surface area contributed by atoms with Crippen molar-refractivity contribution in [2.45, 2.75) is 0 Å². The van der Waals surface area contributed by atoms with Gasteiger partial charge in [-0.25, -0.2) is 0 Å². The van der Waals surface area contributed by atoms with Crippen molar-refractivity contribution in [3.8, 4) is 22.6 Å². The highest BCUT2D eigenvalue weighted by Gasteiger charge is 2.15. The zero-order chi connectivity index (χ0) is 12.7. The second-order valence-electron chi connectivity index (χ2n) is 4.60. The van der Waals surface area contributed by atoms with E-state index in [-0.39, 0.29) is 0 Å². The van der Waals surface area contributed by atoms with Crippen LogP contribution >= 0.6 is 0 Å². The highest BCUT2D eigenvalue weighted by Crippen LogP contribution is 2.39. The molecule has 1 aliphatic rings. The van der Waals surface area contributed by atoms with E-state index >= 15 is 0 Å². The molecule has 0 spiro atoms. The second kappa shape index (κ2) is 4.02. The van der Waals surface area contributed by atoms with Crippen LogP contribution in [0.4, 0.5) is 0 Å². The van der Waals surface area contributed by atoms with Crippen LogP contribution in [0.2, 0.25) is 0 Å². The summed E-state index contributed by atoms with van der Waals surface area (Å²) in [6.45, 7) is 0.312. The van der Waals surface area contributed by atoms with Crippen LogP contribution in [-0.4, -0.2) is 6.79 Å². The Morgan fingerprint density at radius 1 is 0.737 bits per heavy atom. The molecule has 2 heteroatoms. The van der Waals surface area contributed by atoms with E-state index in [1.54, 1.807) is 0 Å². The van der Waals surface area contributed by atoms with Gasteiger partial charge in [0.1, 0.15) is 0 Å². The normalized spacial score (nSPS) is 12.8. The van der Waals surface area contributed by atoms with Crippen molar-refractivity contribution in [3.63, 3.8) is 0 Å². The molecule has 0 fully saturated rings. The first-order valence-electron chi connectivity index (χ1n) is 6.29. The molecule has 0 bridgehead atoms. The predicted molar refractivity (Wildman–Crippen MR) is 75.5 cm³/mol. The van der Waals surface area contributed by atoms with Gasteiger partial charge in [0, 0.05) is 0 Å². The Hall–Kier alpha value is -2.48. The first-order valence-corrected chi connectivity index (χ1v) is 6.29. The van der Waals surface area contributed by atoms with Crippen LogP contribution in [0.1, 0.15) is 0 Å². The lowest BCUT2D eigenvalue weighted by Gasteiger charge is -2.08. The summed E-state index contributed by atoms with van der Waals surface area (Å²) >= 11 is 0. The summed E-state index contributed by atoms with van der Waals surface area (Å²) in [4.78, 5) is 0. The van der Waals surface area contributed by atoms with Crippen molar-refractivity contribution in [1.82, 2.24) is 0 Å². The Morgan fingerprint density at radius 3 is 2.37 bits per heavy atom. The number of hydrogen-bond donors (Lipinski definition) is 0. The second-order valence-corrected chi connectivity index (χ2v) is 4.60.